The molecule has 19 heavy (non-hydrogen) atoms. The van der Waals surface area contributed by atoms with Gasteiger partial charge in [0.15, 0.2) is 0 Å². The number of aromatic amines is 1. The Morgan fingerprint density at radius 3 is 2.95 bits per heavy atom. The summed E-state index contributed by atoms with van der Waals surface area (Å²) in [4.78, 5) is 7.62. The molecule has 1 aromatic carbocycles. The van der Waals surface area contributed by atoms with Crippen molar-refractivity contribution in [3.05, 3.63) is 24.0 Å². The number of nitrogens with zero attached hydrogens (tertiary/aromatic N) is 2. The van der Waals surface area contributed by atoms with Crippen LogP contribution in [0.15, 0.2) is 18.2 Å². The summed E-state index contributed by atoms with van der Waals surface area (Å²) < 4.78 is 0. The van der Waals surface area contributed by atoms with Crippen molar-refractivity contribution in [3.8, 4) is 6.07 Å². The summed E-state index contributed by atoms with van der Waals surface area (Å²) >= 11 is 0. The van der Waals surface area contributed by atoms with E-state index in [0.717, 1.165) is 35.5 Å². The van der Waals surface area contributed by atoms with Gasteiger partial charge in [-0.2, -0.15) is 5.26 Å². The first-order chi connectivity index (χ1) is 9.00. The fraction of sp³-hybridized carbons (Fsp3) is 0.467. The number of aromatic nitrogens is 2. The van der Waals surface area contributed by atoms with Crippen LogP contribution in [0.5, 0.6) is 0 Å². The lowest BCUT2D eigenvalue weighted by Crippen LogP contribution is -2.22. The Morgan fingerprint density at radius 2 is 2.21 bits per heavy atom. The van der Waals surface area contributed by atoms with Crippen LogP contribution in [0, 0.1) is 23.7 Å². The van der Waals surface area contributed by atoms with E-state index in [0.29, 0.717) is 6.42 Å². The molecule has 0 atom stereocenters. The van der Waals surface area contributed by atoms with Crippen molar-refractivity contribution in [1.29, 1.82) is 5.26 Å². The molecule has 0 aliphatic rings. The summed E-state index contributed by atoms with van der Waals surface area (Å²) in [7, 11) is 0. The summed E-state index contributed by atoms with van der Waals surface area (Å²) in [5, 5.41) is 12.1. The maximum atomic E-state index is 8.65. The lowest BCUT2D eigenvalue weighted by atomic mass is 9.88. The molecular formula is C15H20N4. The molecule has 0 spiro atoms. The van der Waals surface area contributed by atoms with Crippen LogP contribution < -0.4 is 5.32 Å². The zero-order valence-corrected chi connectivity index (χ0v) is 11.7. The van der Waals surface area contributed by atoms with E-state index < -0.39 is 0 Å². The summed E-state index contributed by atoms with van der Waals surface area (Å²) in [6, 6.07) is 8.35. The van der Waals surface area contributed by atoms with E-state index in [2.05, 4.69) is 41.3 Å². The summed E-state index contributed by atoms with van der Waals surface area (Å²) in [5.74, 6) is 0.932. The predicted molar refractivity (Wildman–Crippen MR) is 77.9 cm³/mol. The van der Waals surface area contributed by atoms with E-state index in [-0.39, 0.29) is 5.41 Å². The van der Waals surface area contributed by atoms with Crippen LogP contribution in [0.2, 0.25) is 0 Å². The Kier molecular flexibility index (Phi) is 3.75. The highest BCUT2D eigenvalue weighted by atomic mass is 14.9. The number of benzene rings is 1. The van der Waals surface area contributed by atoms with Crippen molar-refractivity contribution in [3.63, 3.8) is 0 Å². The third kappa shape index (κ3) is 3.47. The first-order valence-corrected chi connectivity index (χ1v) is 6.57. The quantitative estimate of drug-likeness (QED) is 0.858. The SMILES string of the molecule is Cc1nc2ccc(NCC(C)(C)CCC#N)cc2[nH]1. The standard InChI is InChI=1S/C15H20N4/c1-11-18-13-6-5-12(9-14(13)19-11)17-10-15(2,3)7-4-8-16/h5-6,9,17H,4,7,10H2,1-3H3,(H,18,19). The van der Waals surface area contributed by atoms with Crippen LogP contribution >= 0.6 is 0 Å². The molecule has 0 saturated heterocycles. The first-order valence-electron chi connectivity index (χ1n) is 6.57. The summed E-state index contributed by atoms with van der Waals surface area (Å²) in [6.07, 6.45) is 1.51. The number of fused-ring (bicyclic) bond motifs is 1. The second-order valence-corrected chi connectivity index (χ2v) is 5.73. The normalized spacial score (nSPS) is 11.5. The molecule has 0 fully saturated rings. The zero-order chi connectivity index (χ0) is 13.9. The molecule has 1 aromatic heterocycles. The van der Waals surface area contributed by atoms with Crippen molar-refractivity contribution in [2.75, 3.05) is 11.9 Å². The van der Waals surface area contributed by atoms with Gasteiger partial charge in [0.2, 0.25) is 0 Å². The topological polar surface area (TPSA) is 64.5 Å². The summed E-state index contributed by atoms with van der Waals surface area (Å²) in [5.41, 5.74) is 3.25. The number of hydrogen-bond donors (Lipinski definition) is 2. The van der Waals surface area contributed by atoms with Gasteiger partial charge in [0.1, 0.15) is 5.82 Å². The molecule has 0 aliphatic carbocycles. The average molecular weight is 256 g/mol. The number of nitriles is 1. The molecule has 0 amide bonds. The molecule has 1 heterocycles. The summed E-state index contributed by atoms with van der Waals surface area (Å²) in [6.45, 7) is 7.16. The fourth-order valence-electron chi connectivity index (χ4n) is 2.07. The molecule has 4 heteroatoms. The Hall–Kier alpha value is -2.02. The van der Waals surface area contributed by atoms with Gasteiger partial charge in [0.05, 0.1) is 17.1 Å². The fourth-order valence-corrected chi connectivity index (χ4v) is 2.07. The minimum Gasteiger partial charge on any atom is -0.384 e. The van der Waals surface area contributed by atoms with Crippen LogP contribution in [-0.4, -0.2) is 16.5 Å². The van der Waals surface area contributed by atoms with E-state index in [1.807, 2.05) is 19.1 Å². The van der Waals surface area contributed by atoms with Gasteiger partial charge in [0.25, 0.3) is 0 Å². The van der Waals surface area contributed by atoms with Crippen LogP contribution in [0.4, 0.5) is 5.69 Å². The second kappa shape index (κ2) is 5.31. The third-order valence-electron chi connectivity index (χ3n) is 3.28. The Bertz CT molecular complexity index is 604. The zero-order valence-electron chi connectivity index (χ0n) is 11.7. The van der Waals surface area contributed by atoms with E-state index in [4.69, 9.17) is 5.26 Å². The van der Waals surface area contributed by atoms with Gasteiger partial charge >= 0.3 is 0 Å². The maximum Gasteiger partial charge on any atom is 0.104 e. The largest absolute Gasteiger partial charge is 0.384 e. The number of H-pyrrole nitrogens is 1. The molecular weight excluding hydrogens is 236 g/mol. The van der Waals surface area contributed by atoms with E-state index in [1.54, 1.807) is 0 Å². The molecule has 2 aromatic rings. The van der Waals surface area contributed by atoms with Crippen molar-refractivity contribution in [1.82, 2.24) is 9.97 Å². The molecule has 0 saturated carbocycles. The second-order valence-electron chi connectivity index (χ2n) is 5.73. The number of nitrogens with one attached hydrogen (secondary N) is 2. The van der Waals surface area contributed by atoms with Gasteiger partial charge in [-0.25, -0.2) is 4.98 Å². The predicted octanol–water partition coefficient (Wildman–Crippen LogP) is 3.61. The van der Waals surface area contributed by atoms with Gasteiger partial charge in [0, 0.05) is 18.7 Å². The molecule has 2 rings (SSSR count). The van der Waals surface area contributed by atoms with Crippen LogP contribution in [-0.2, 0) is 0 Å². The third-order valence-corrected chi connectivity index (χ3v) is 3.28. The van der Waals surface area contributed by atoms with Crippen LogP contribution in [0.25, 0.3) is 11.0 Å². The van der Waals surface area contributed by atoms with E-state index >= 15 is 0 Å². The number of imidazole rings is 1. The molecule has 0 bridgehead atoms. The maximum absolute atomic E-state index is 8.65. The lowest BCUT2D eigenvalue weighted by molar-refractivity contribution is 0.364. The average Bonchev–Trinajstić information content (AvgIpc) is 2.73. The highest BCUT2D eigenvalue weighted by Crippen LogP contribution is 2.24. The Balaban J connectivity index is 2.03. The molecule has 0 radical (unpaired) electrons. The highest BCUT2D eigenvalue weighted by Gasteiger charge is 2.17. The van der Waals surface area contributed by atoms with Gasteiger partial charge in [-0.15, -0.1) is 0 Å². The first kappa shape index (κ1) is 13.4. The minimum atomic E-state index is 0.120. The highest BCUT2D eigenvalue weighted by molar-refractivity contribution is 5.79. The van der Waals surface area contributed by atoms with E-state index in [9.17, 15) is 0 Å². The Labute approximate surface area is 113 Å². The van der Waals surface area contributed by atoms with Crippen molar-refractivity contribution in [2.45, 2.75) is 33.6 Å². The van der Waals surface area contributed by atoms with Crippen LogP contribution in [0.1, 0.15) is 32.5 Å². The number of anilines is 1. The molecule has 0 aliphatic heterocycles. The minimum absolute atomic E-state index is 0.120. The molecule has 0 unspecified atom stereocenters. The van der Waals surface area contributed by atoms with Gasteiger partial charge < -0.3 is 10.3 Å². The monoisotopic (exact) mass is 256 g/mol. The van der Waals surface area contributed by atoms with Crippen molar-refractivity contribution >= 4 is 16.7 Å². The van der Waals surface area contributed by atoms with Crippen molar-refractivity contribution < 1.29 is 0 Å². The van der Waals surface area contributed by atoms with Crippen molar-refractivity contribution in [2.24, 2.45) is 5.41 Å². The van der Waals surface area contributed by atoms with E-state index in [1.165, 1.54) is 0 Å². The van der Waals surface area contributed by atoms with Gasteiger partial charge in [-0.05, 0) is 37.0 Å². The van der Waals surface area contributed by atoms with Gasteiger partial charge in [-0.1, -0.05) is 13.8 Å². The Morgan fingerprint density at radius 1 is 1.42 bits per heavy atom. The number of aryl methyl sites for hydroxylation is 1. The number of hydrogen-bond acceptors (Lipinski definition) is 3. The number of rotatable bonds is 5. The smallest absolute Gasteiger partial charge is 0.104 e. The van der Waals surface area contributed by atoms with Gasteiger partial charge in [-0.3, -0.25) is 0 Å². The molecule has 2 N–H and O–H groups in total. The van der Waals surface area contributed by atoms with Crippen LogP contribution in [0.3, 0.4) is 0 Å². The molecule has 4 nitrogen and oxygen atoms in total. The molecule has 100 valence electrons. The lowest BCUT2D eigenvalue weighted by Gasteiger charge is -2.24.